The molecular weight excluding hydrogens is 218 g/mol. The third-order valence-electron chi connectivity index (χ3n) is 1.53. The number of nitrogens with zero attached hydrogens (tertiary/aromatic N) is 1. The molecule has 0 saturated heterocycles. The van der Waals surface area contributed by atoms with Gasteiger partial charge in [-0.25, -0.2) is 4.39 Å². The first-order valence-corrected chi connectivity index (χ1v) is 3.81. The van der Waals surface area contributed by atoms with E-state index < -0.39 is 28.0 Å². The number of hydrogen-bond acceptors (Lipinski definition) is 2. The first-order chi connectivity index (χ1) is 6.38. The van der Waals surface area contributed by atoms with E-state index in [-0.39, 0.29) is 0 Å². The highest BCUT2D eigenvalue weighted by Gasteiger charge is 2.37. The van der Waals surface area contributed by atoms with Gasteiger partial charge in [-0.1, -0.05) is 0 Å². The second kappa shape index (κ2) is 3.50. The standard InChI is InChI=1S/C8H3F4NS/c9-5-1-2-6(14)7(4(5)3-13)8(10,11)12/h1-2,14H. The summed E-state index contributed by atoms with van der Waals surface area (Å²) in [6.07, 6.45) is -4.77. The van der Waals surface area contributed by atoms with Crippen LogP contribution >= 0.6 is 12.6 Å². The third kappa shape index (κ3) is 1.82. The Morgan fingerprint density at radius 1 is 1.29 bits per heavy atom. The Labute approximate surface area is 82.4 Å². The minimum atomic E-state index is -4.77. The van der Waals surface area contributed by atoms with Crippen LogP contribution in [0.3, 0.4) is 0 Å². The quantitative estimate of drug-likeness (QED) is 0.528. The molecule has 0 heterocycles. The van der Waals surface area contributed by atoms with E-state index in [9.17, 15) is 17.6 Å². The predicted octanol–water partition coefficient (Wildman–Crippen LogP) is 3.00. The van der Waals surface area contributed by atoms with Gasteiger partial charge in [-0.05, 0) is 12.1 Å². The maximum atomic E-state index is 12.8. The molecule has 0 atom stereocenters. The van der Waals surface area contributed by atoms with Crippen LogP contribution in [0.15, 0.2) is 17.0 Å². The summed E-state index contributed by atoms with van der Waals surface area (Å²) in [5.74, 6) is -1.20. The lowest BCUT2D eigenvalue weighted by Gasteiger charge is -2.11. The topological polar surface area (TPSA) is 23.8 Å². The van der Waals surface area contributed by atoms with Gasteiger partial charge in [-0.3, -0.25) is 0 Å². The van der Waals surface area contributed by atoms with Crippen molar-refractivity contribution < 1.29 is 17.6 Å². The largest absolute Gasteiger partial charge is 0.418 e. The Morgan fingerprint density at radius 3 is 2.21 bits per heavy atom. The first-order valence-electron chi connectivity index (χ1n) is 3.36. The summed E-state index contributed by atoms with van der Waals surface area (Å²) in [5.41, 5.74) is -2.35. The van der Waals surface area contributed by atoms with Crippen LogP contribution in [-0.4, -0.2) is 0 Å². The molecule has 6 heteroatoms. The van der Waals surface area contributed by atoms with Crippen molar-refractivity contribution >= 4 is 12.6 Å². The van der Waals surface area contributed by atoms with E-state index in [4.69, 9.17) is 5.26 Å². The van der Waals surface area contributed by atoms with Crippen molar-refractivity contribution in [1.29, 1.82) is 5.26 Å². The second-order valence-corrected chi connectivity index (χ2v) is 2.91. The van der Waals surface area contributed by atoms with E-state index in [0.29, 0.717) is 0 Å². The van der Waals surface area contributed by atoms with Gasteiger partial charge in [-0.2, -0.15) is 18.4 Å². The predicted molar refractivity (Wildman–Crippen MR) is 43.4 cm³/mol. The molecule has 14 heavy (non-hydrogen) atoms. The molecule has 0 spiro atoms. The lowest BCUT2D eigenvalue weighted by molar-refractivity contribution is -0.140. The highest BCUT2D eigenvalue weighted by Crippen LogP contribution is 2.36. The van der Waals surface area contributed by atoms with Crippen LogP contribution in [-0.2, 0) is 6.18 Å². The monoisotopic (exact) mass is 221 g/mol. The van der Waals surface area contributed by atoms with Crippen LogP contribution in [0.5, 0.6) is 0 Å². The summed E-state index contributed by atoms with van der Waals surface area (Å²) in [6.45, 7) is 0. The average molecular weight is 221 g/mol. The minimum absolute atomic E-state index is 0.463. The number of hydrogen-bond donors (Lipinski definition) is 1. The van der Waals surface area contributed by atoms with Gasteiger partial charge in [0.25, 0.3) is 0 Å². The van der Waals surface area contributed by atoms with Gasteiger partial charge in [0.1, 0.15) is 17.4 Å². The van der Waals surface area contributed by atoms with Crippen LogP contribution in [0.2, 0.25) is 0 Å². The molecule has 0 aliphatic rings. The second-order valence-electron chi connectivity index (χ2n) is 2.43. The van der Waals surface area contributed by atoms with Crippen LogP contribution < -0.4 is 0 Å². The van der Waals surface area contributed by atoms with E-state index >= 15 is 0 Å². The van der Waals surface area contributed by atoms with E-state index in [2.05, 4.69) is 12.6 Å². The van der Waals surface area contributed by atoms with Gasteiger partial charge in [0.05, 0.1) is 5.56 Å². The van der Waals surface area contributed by atoms with E-state index in [0.717, 1.165) is 12.1 Å². The first kappa shape index (κ1) is 10.9. The summed E-state index contributed by atoms with van der Waals surface area (Å²) in [4.78, 5) is -0.463. The summed E-state index contributed by atoms with van der Waals surface area (Å²) >= 11 is 3.52. The van der Waals surface area contributed by atoms with Gasteiger partial charge < -0.3 is 0 Å². The molecule has 1 aromatic carbocycles. The Kier molecular flexibility index (Phi) is 2.71. The number of nitriles is 1. The maximum Gasteiger partial charge on any atom is 0.418 e. The molecule has 0 unspecified atom stereocenters. The minimum Gasteiger partial charge on any atom is -0.206 e. The van der Waals surface area contributed by atoms with E-state index in [1.165, 1.54) is 6.07 Å². The van der Waals surface area contributed by atoms with Crippen LogP contribution in [0.25, 0.3) is 0 Å². The lowest BCUT2D eigenvalue weighted by Crippen LogP contribution is -2.10. The van der Waals surface area contributed by atoms with Crippen molar-refractivity contribution in [3.63, 3.8) is 0 Å². The zero-order chi connectivity index (χ0) is 10.9. The van der Waals surface area contributed by atoms with Crippen molar-refractivity contribution in [3.05, 3.63) is 29.1 Å². The van der Waals surface area contributed by atoms with Gasteiger partial charge in [0, 0.05) is 4.90 Å². The number of halogens is 4. The Morgan fingerprint density at radius 2 is 1.86 bits per heavy atom. The summed E-state index contributed by atoms with van der Waals surface area (Å²) in [7, 11) is 0. The molecule has 0 N–H and O–H groups in total. The average Bonchev–Trinajstić information content (AvgIpc) is 2.06. The molecule has 1 nitrogen and oxygen atoms in total. The number of alkyl halides is 3. The molecule has 0 aliphatic heterocycles. The molecular formula is C8H3F4NS. The zero-order valence-electron chi connectivity index (χ0n) is 6.56. The molecule has 0 bridgehead atoms. The third-order valence-corrected chi connectivity index (χ3v) is 1.90. The van der Waals surface area contributed by atoms with Crippen LogP contribution in [0.1, 0.15) is 11.1 Å². The van der Waals surface area contributed by atoms with Gasteiger partial charge >= 0.3 is 6.18 Å². The number of benzene rings is 1. The molecule has 0 saturated carbocycles. The molecule has 1 rings (SSSR count). The molecule has 0 aliphatic carbocycles. The van der Waals surface area contributed by atoms with Crippen molar-refractivity contribution in [1.82, 2.24) is 0 Å². The van der Waals surface area contributed by atoms with Crippen molar-refractivity contribution in [3.8, 4) is 6.07 Å². The highest BCUT2D eigenvalue weighted by molar-refractivity contribution is 7.80. The van der Waals surface area contributed by atoms with Crippen molar-refractivity contribution in [2.45, 2.75) is 11.1 Å². The summed E-state index contributed by atoms with van der Waals surface area (Å²) in [5, 5.41) is 8.36. The van der Waals surface area contributed by atoms with E-state index in [1.807, 2.05) is 0 Å². The maximum absolute atomic E-state index is 12.8. The fourth-order valence-corrected chi connectivity index (χ4v) is 1.28. The smallest absolute Gasteiger partial charge is 0.206 e. The normalized spacial score (nSPS) is 11.1. The lowest BCUT2D eigenvalue weighted by atomic mass is 10.1. The molecule has 74 valence electrons. The van der Waals surface area contributed by atoms with E-state index in [1.54, 1.807) is 0 Å². The molecule has 0 amide bonds. The van der Waals surface area contributed by atoms with Gasteiger partial charge in [0.2, 0.25) is 0 Å². The Hall–Kier alpha value is -1.22. The fraction of sp³-hybridized carbons (Fsp3) is 0.125. The van der Waals surface area contributed by atoms with Crippen molar-refractivity contribution in [2.75, 3.05) is 0 Å². The Bertz CT molecular complexity index is 405. The van der Waals surface area contributed by atoms with Crippen LogP contribution in [0, 0.1) is 17.1 Å². The molecule has 0 aromatic heterocycles. The molecule has 0 fully saturated rings. The van der Waals surface area contributed by atoms with Gasteiger partial charge in [0.15, 0.2) is 0 Å². The SMILES string of the molecule is N#Cc1c(F)ccc(S)c1C(F)(F)F. The molecule has 0 radical (unpaired) electrons. The van der Waals surface area contributed by atoms with Crippen molar-refractivity contribution in [2.24, 2.45) is 0 Å². The fourth-order valence-electron chi connectivity index (χ4n) is 0.963. The zero-order valence-corrected chi connectivity index (χ0v) is 7.46. The molecule has 1 aromatic rings. The summed E-state index contributed by atoms with van der Waals surface area (Å²) in [6, 6.07) is 2.80. The Balaban J connectivity index is 3.56. The number of rotatable bonds is 0. The van der Waals surface area contributed by atoms with Crippen LogP contribution in [0.4, 0.5) is 17.6 Å². The number of thiol groups is 1. The highest BCUT2D eigenvalue weighted by atomic mass is 32.1. The summed E-state index contributed by atoms with van der Waals surface area (Å²) < 4.78 is 49.7. The van der Waals surface area contributed by atoms with Gasteiger partial charge in [-0.15, -0.1) is 12.6 Å².